The number of nitrogens with zero attached hydrogens (tertiary/aromatic N) is 6. The summed E-state index contributed by atoms with van der Waals surface area (Å²) in [6.45, 7) is 14.1. The van der Waals surface area contributed by atoms with Crippen molar-refractivity contribution in [3.63, 3.8) is 0 Å². The lowest BCUT2D eigenvalue weighted by molar-refractivity contribution is -0.126. The van der Waals surface area contributed by atoms with Gasteiger partial charge in [0.25, 0.3) is 0 Å². The van der Waals surface area contributed by atoms with E-state index in [2.05, 4.69) is 28.3 Å². The number of carbonyl (C=O) groups excluding carboxylic acids is 1. The summed E-state index contributed by atoms with van der Waals surface area (Å²) in [5, 5.41) is 0.266. The van der Waals surface area contributed by atoms with Crippen molar-refractivity contribution >= 4 is 35.2 Å². The Hall–Kier alpha value is -4.93. The molecule has 1 fully saturated rings. The van der Waals surface area contributed by atoms with Crippen LogP contribution in [-0.4, -0.2) is 64.3 Å². The predicted octanol–water partition coefficient (Wildman–Crippen LogP) is 5.38. The van der Waals surface area contributed by atoms with E-state index in [0.29, 0.717) is 37.3 Å². The van der Waals surface area contributed by atoms with Crippen LogP contribution < -0.4 is 15.3 Å². The molecule has 4 heterocycles. The number of pyridine rings is 1. The molecule has 0 spiro atoms. The van der Waals surface area contributed by atoms with E-state index in [-0.39, 0.29) is 58.3 Å². The maximum Gasteiger partial charge on any atom is 0.355 e. The van der Waals surface area contributed by atoms with E-state index in [9.17, 15) is 9.59 Å². The van der Waals surface area contributed by atoms with Crippen LogP contribution >= 0.6 is 0 Å². The molecule has 0 saturated carbocycles. The van der Waals surface area contributed by atoms with Crippen LogP contribution in [0.1, 0.15) is 27.2 Å². The van der Waals surface area contributed by atoms with E-state index in [4.69, 9.17) is 4.74 Å². The normalized spacial score (nSPS) is 19.7. The lowest BCUT2D eigenvalue weighted by Gasteiger charge is -2.40. The topological polar surface area (TPSA) is 92.9 Å². The van der Waals surface area contributed by atoms with E-state index in [1.54, 1.807) is 17.0 Å². The Kier molecular flexibility index (Phi) is 8.84. The van der Waals surface area contributed by atoms with Crippen LogP contribution in [0.25, 0.3) is 28.0 Å². The Morgan fingerprint density at radius 1 is 1.20 bits per heavy atom. The number of anilines is 1. The van der Waals surface area contributed by atoms with Gasteiger partial charge in [0.05, 0.1) is 17.6 Å². The quantitative estimate of drug-likeness (QED) is 0.289. The average Bonchev–Trinajstić information content (AvgIpc) is 3.00. The summed E-state index contributed by atoms with van der Waals surface area (Å²) >= 11 is 0. The van der Waals surface area contributed by atoms with Gasteiger partial charge in [0.1, 0.15) is 23.1 Å². The second-order valence-electron chi connectivity index (χ2n) is 10.9. The third kappa shape index (κ3) is 5.69. The summed E-state index contributed by atoms with van der Waals surface area (Å²) in [7, 11) is 0. The van der Waals surface area contributed by atoms with Gasteiger partial charge in [-0.3, -0.25) is 9.79 Å². The van der Waals surface area contributed by atoms with E-state index in [1.807, 2.05) is 37.8 Å². The molecule has 1 aromatic carbocycles. The molecule has 44 heavy (non-hydrogen) atoms. The van der Waals surface area contributed by atoms with Gasteiger partial charge < -0.3 is 14.5 Å². The highest BCUT2D eigenvalue weighted by molar-refractivity contribution is 5.92. The van der Waals surface area contributed by atoms with Crippen molar-refractivity contribution in [1.82, 2.24) is 19.4 Å². The van der Waals surface area contributed by atoms with Gasteiger partial charge in [0.2, 0.25) is 5.91 Å². The summed E-state index contributed by atoms with van der Waals surface area (Å²) < 4.78 is 38.8. The Morgan fingerprint density at radius 3 is 2.70 bits per heavy atom. The van der Waals surface area contributed by atoms with Gasteiger partial charge >= 0.3 is 5.69 Å². The molecule has 0 N–H and O–H groups in total. The van der Waals surface area contributed by atoms with Crippen molar-refractivity contribution in [2.75, 3.05) is 31.1 Å². The smallest absolute Gasteiger partial charge is 0.355 e. The van der Waals surface area contributed by atoms with Crippen molar-refractivity contribution in [2.45, 2.75) is 33.2 Å². The van der Waals surface area contributed by atoms with Crippen LogP contribution in [0.2, 0.25) is 0 Å². The number of allylic oxidation sites excluding steroid dienone is 4. The third-order valence-corrected chi connectivity index (χ3v) is 7.68. The average molecular weight is 601 g/mol. The van der Waals surface area contributed by atoms with Gasteiger partial charge in [-0.1, -0.05) is 38.6 Å². The first kappa shape index (κ1) is 30.5. The first-order chi connectivity index (χ1) is 21.2. The Bertz CT molecular complexity index is 1790. The number of piperazine rings is 1. The summed E-state index contributed by atoms with van der Waals surface area (Å²) in [6.07, 6.45) is 8.68. The number of ether oxygens (including phenoxy) is 1. The second kappa shape index (κ2) is 12.7. The standard InChI is InChI=1S/C33H34F2N6O3/c1-6-27(42)39-15-16-40(21(4)19-39)31-23-18-25(35)29-28-24(34)11-9-12-26(28)44-17-8-7-10-22(13-14-36-5)30(20(2)3)41(32(23)37-29)33(43)38-31/h6-7,9-14,18,20-21H,1,5,8,15-17,19H2,2-4H3/b10-7+,14-13-,30-22+/t21-/m0/s1. The molecule has 228 valence electrons. The van der Waals surface area contributed by atoms with E-state index in [0.717, 1.165) is 0 Å². The Balaban J connectivity index is 1.87. The molecule has 2 bridgehead atoms. The van der Waals surface area contributed by atoms with Gasteiger partial charge in [-0.25, -0.2) is 23.1 Å². The summed E-state index contributed by atoms with van der Waals surface area (Å²) in [5.74, 6) is -1.57. The monoisotopic (exact) mass is 600 g/mol. The number of halogens is 2. The minimum absolute atomic E-state index is 0.108. The fourth-order valence-corrected chi connectivity index (χ4v) is 5.70. The van der Waals surface area contributed by atoms with Crippen molar-refractivity contribution in [1.29, 1.82) is 0 Å². The van der Waals surface area contributed by atoms with Crippen LogP contribution in [0.3, 0.4) is 0 Å². The summed E-state index contributed by atoms with van der Waals surface area (Å²) in [6, 6.07) is 5.25. The SMILES string of the molecule is C=CC(=O)N1CCN(c2nc(=O)n3c4nc(c(F)cc24)-c2c(F)cccc2OCC/C=C/C(/C=C\N=C)=C\3C(C)C)[C@@H](C)C1. The Morgan fingerprint density at radius 2 is 2.00 bits per heavy atom. The van der Waals surface area contributed by atoms with Crippen molar-refractivity contribution in [3.05, 3.63) is 89.0 Å². The fraction of sp³-hybridized carbons (Fsp3) is 0.303. The number of hydrogen-bond donors (Lipinski definition) is 0. The molecule has 2 aliphatic heterocycles. The maximum atomic E-state index is 16.1. The molecule has 11 heteroatoms. The highest BCUT2D eigenvalue weighted by atomic mass is 19.1. The van der Waals surface area contributed by atoms with Gasteiger partial charge in [-0.2, -0.15) is 4.98 Å². The fourth-order valence-electron chi connectivity index (χ4n) is 5.70. The van der Waals surface area contributed by atoms with E-state index >= 15 is 8.78 Å². The van der Waals surface area contributed by atoms with Gasteiger partial charge in [0, 0.05) is 37.6 Å². The third-order valence-electron chi connectivity index (χ3n) is 7.68. The zero-order valence-corrected chi connectivity index (χ0v) is 25.0. The van der Waals surface area contributed by atoms with Gasteiger partial charge in [0.15, 0.2) is 11.5 Å². The highest BCUT2D eigenvalue weighted by Crippen LogP contribution is 2.37. The number of amides is 1. The van der Waals surface area contributed by atoms with Crippen LogP contribution in [0.15, 0.2) is 76.7 Å². The van der Waals surface area contributed by atoms with Crippen molar-refractivity contribution in [3.8, 4) is 17.0 Å². The first-order valence-electron chi connectivity index (χ1n) is 14.4. The number of carbonyl (C=O) groups is 1. The lowest BCUT2D eigenvalue weighted by Crippen LogP contribution is -2.54. The zero-order chi connectivity index (χ0) is 31.5. The highest BCUT2D eigenvalue weighted by Gasteiger charge is 2.31. The Labute approximate surface area is 254 Å². The van der Waals surface area contributed by atoms with Crippen molar-refractivity contribution < 1.29 is 18.3 Å². The molecule has 9 nitrogen and oxygen atoms in total. The molecule has 2 aliphatic rings. The number of benzene rings is 1. The molecule has 3 aromatic rings. The molecule has 5 rings (SSSR count). The molecule has 1 saturated heterocycles. The lowest BCUT2D eigenvalue weighted by atomic mass is 10.0. The van der Waals surface area contributed by atoms with Gasteiger partial charge in [-0.05, 0) is 61.9 Å². The minimum Gasteiger partial charge on any atom is -0.492 e. The number of aromatic nitrogens is 3. The molecule has 0 unspecified atom stereocenters. The number of aliphatic imine (C=N–C) groups is 1. The number of hydrogen-bond acceptors (Lipinski definition) is 7. The largest absolute Gasteiger partial charge is 0.492 e. The maximum absolute atomic E-state index is 16.1. The molecule has 1 atom stereocenters. The van der Waals surface area contributed by atoms with E-state index in [1.165, 1.54) is 35.0 Å². The van der Waals surface area contributed by atoms with Gasteiger partial charge in [-0.15, -0.1) is 0 Å². The molecular weight excluding hydrogens is 566 g/mol. The predicted molar refractivity (Wildman–Crippen MR) is 169 cm³/mol. The molecule has 2 aromatic heterocycles. The molecule has 0 radical (unpaired) electrons. The molecule has 1 amide bonds. The first-order valence-corrected chi connectivity index (χ1v) is 14.4. The van der Waals surface area contributed by atoms with Crippen LogP contribution in [-0.2, 0) is 4.79 Å². The molecular formula is C33H34F2N6O3. The van der Waals surface area contributed by atoms with Crippen LogP contribution in [0, 0.1) is 17.6 Å². The number of fused-ring (bicyclic) bond motifs is 3. The summed E-state index contributed by atoms with van der Waals surface area (Å²) in [5.41, 5.74) is 0.239. The van der Waals surface area contributed by atoms with Crippen LogP contribution in [0.5, 0.6) is 5.75 Å². The zero-order valence-electron chi connectivity index (χ0n) is 25.0. The minimum atomic E-state index is -0.798. The molecule has 0 aliphatic carbocycles. The van der Waals surface area contributed by atoms with E-state index < -0.39 is 17.3 Å². The number of rotatable bonds is 5. The van der Waals surface area contributed by atoms with Crippen LogP contribution in [0.4, 0.5) is 14.6 Å². The summed E-state index contributed by atoms with van der Waals surface area (Å²) in [4.78, 5) is 42.9. The van der Waals surface area contributed by atoms with Crippen molar-refractivity contribution in [2.24, 2.45) is 10.9 Å². The second-order valence-corrected chi connectivity index (χ2v) is 10.9.